The lowest BCUT2D eigenvalue weighted by atomic mass is 9.64. The third-order valence-electron chi connectivity index (χ3n) is 5.98. The maximum atomic E-state index is 4.97. The summed E-state index contributed by atoms with van der Waals surface area (Å²) in [6.07, 6.45) is 6.42. The first-order valence-electron chi connectivity index (χ1n) is 9.98. The first-order valence-corrected chi connectivity index (χ1v) is 9.98. The number of benzene rings is 1. The van der Waals surface area contributed by atoms with E-state index in [0.717, 1.165) is 31.5 Å². The van der Waals surface area contributed by atoms with Crippen molar-refractivity contribution in [2.75, 3.05) is 39.8 Å². The van der Waals surface area contributed by atoms with Crippen LogP contribution in [0.25, 0.3) is 0 Å². The molecule has 1 aromatic carbocycles. The highest BCUT2D eigenvalue weighted by Crippen LogP contribution is 2.43. The topological polar surface area (TPSA) is 39.7 Å². The van der Waals surface area contributed by atoms with Crippen molar-refractivity contribution >= 4 is 5.96 Å². The lowest BCUT2D eigenvalue weighted by Gasteiger charge is -2.41. The minimum absolute atomic E-state index is 0.261. The number of aliphatic imine (C=N–C) groups is 1. The molecule has 4 heteroatoms. The molecular formula is C21H34N4. The Labute approximate surface area is 153 Å². The van der Waals surface area contributed by atoms with Gasteiger partial charge in [-0.05, 0) is 64.2 Å². The minimum Gasteiger partial charge on any atom is -0.357 e. The Bertz CT molecular complexity index is 542. The van der Waals surface area contributed by atoms with Crippen LogP contribution in [0.5, 0.6) is 0 Å². The molecule has 4 nitrogen and oxygen atoms in total. The normalized spacial score (nSPS) is 21.6. The van der Waals surface area contributed by atoms with Crippen LogP contribution in [0.2, 0.25) is 0 Å². The molecule has 0 aromatic heterocycles. The molecule has 1 aromatic rings. The van der Waals surface area contributed by atoms with Gasteiger partial charge in [0, 0.05) is 18.5 Å². The Hall–Kier alpha value is -1.55. The highest BCUT2D eigenvalue weighted by atomic mass is 15.2. The van der Waals surface area contributed by atoms with Crippen molar-refractivity contribution in [2.24, 2.45) is 10.9 Å². The first kappa shape index (κ1) is 18.2. The molecule has 0 unspecified atom stereocenters. The van der Waals surface area contributed by atoms with Crippen LogP contribution >= 0.6 is 0 Å². The summed E-state index contributed by atoms with van der Waals surface area (Å²) in [7, 11) is 2.22. The fourth-order valence-electron chi connectivity index (χ4n) is 4.01. The van der Waals surface area contributed by atoms with E-state index >= 15 is 0 Å². The van der Waals surface area contributed by atoms with Gasteiger partial charge in [0.15, 0.2) is 5.96 Å². The molecule has 25 heavy (non-hydrogen) atoms. The van der Waals surface area contributed by atoms with E-state index in [1.54, 1.807) is 0 Å². The average Bonchev–Trinajstić information content (AvgIpc) is 2.61. The van der Waals surface area contributed by atoms with E-state index in [0.29, 0.717) is 0 Å². The quantitative estimate of drug-likeness (QED) is 0.617. The number of hydrogen-bond acceptors (Lipinski definition) is 2. The van der Waals surface area contributed by atoms with Crippen LogP contribution in [0.1, 0.15) is 44.6 Å². The first-order chi connectivity index (χ1) is 12.2. The molecule has 138 valence electrons. The molecule has 0 spiro atoms. The van der Waals surface area contributed by atoms with Crippen LogP contribution in [0.15, 0.2) is 35.3 Å². The molecule has 0 atom stereocenters. The fourth-order valence-corrected chi connectivity index (χ4v) is 4.01. The maximum Gasteiger partial charge on any atom is 0.191 e. The summed E-state index contributed by atoms with van der Waals surface area (Å²) in [6.45, 7) is 7.42. The van der Waals surface area contributed by atoms with Gasteiger partial charge in [-0.15, -0.1) is 0 Å². The Morgan fingerprint density at radius 1 is 1.16 bits per heavy atom. The SMILES string of the molecule is CCNC(=NCC1(c2ccccc2)CCC1)NCC1CCN(C)CC1. The van der Waals surface area contributed by atoms with Crippen molar-refractivity contribution < 1.29 is 0 Å². The fraction of sp³-hybridized carbons (Fsp3) is 0.667. The van der Waals surface area contributed by atoms with Crippen LogP contribution in [0.4, 0.5) is 0 Å². The van der Waals surface area contributed by atoms with Crippen molar-refractivity contribution in [3.8, 4) is 0 Å². The van der Waals surface area contributed by atoms with Crippen molar-refractivity contribution in [2.45, 2.75) is 44.4 Å². The van der Waals surface area contributed by atoms with Crippen LogP contribution in [0.3, 0.4) is 0 Å². The molecule has 3 rings (SSSR count). The van der Waals surface area contributed by atoms with Crippen molar-refractivity contribution in [1.82, 2.24) is 15.5 Å². The number of nitrogens with zero attached hydrogens (tertiary/aromatic N) is 2. The van der Waals surface area contributed by atoms with Gasteiger partial charge in [-0.2, -0.15) is 0 Å². The van der Waals surface area contributed by atoms with Gasteiger partial charge in [-0.3, -0.25) is 4.99 Å². The van der Waals surface area contributed by atoms with Gasteiger partial charge < -0.3 is 15.5 Å². The Morgan fingerprint density at radius 2 is 1.88 bits per heavy atom. The summed E-state index contributed by atoms with van der Waals surface area (Å²) in [6, 6.07) is 11.0. The van der Waals surface area contributed by atoms with E-state index in [4.69, 9.17) is 4.99 Å². The summed E-state index contributed by atoms with van der Waals surface area (Å²) < 4.78 is 0. The minimum atomic E-state index is 0.261. The van der Waals surface area contributed by atoms with Crippen molar-refractivity contribution in [1.29, 1.82) is 0 Å². The van der Waals surface area contributed by atoms with E-state index in [1.807, 2.05) is 0 Å². The molecule has 0 amide bonds. The molecule has 1 saturated carbocycles. The van der Waals surface area contributed by atoms with E-state index < -0.39 is 0 Å². The van der Waals surface area contributed by atoms with Gasteiger partial charge >= 0.3 is 0 Å². The molecule has 2 fully saturated rings. The zero-order valence-electron chi connectivity index (χ0n) is 15.9. The Balaban J connectivity index is 1.58. The number of guanidine groups is 1. The summed E-state index contributed by atoms with van der Waals surface area (Å²) in [4.78, 5) is 7.39. The van der Waals surface area contributed by atoms with Gasteiger partial charge in [0.25, 0.3) is 0 Å². The molecule has 1 heterocycles. The third-order valence-corrected chi connectivity index (χ3v) is 5.98. The monoisotopic (exact) mass is 342 g/mol. The molecule has 2 N–H and O–H groups in total. The summed E-state index contributed by atoms with van der Waals surface area (Å²) >= 11 is 0. The molecule has 1 aliphatic heterocycles. The van der Waals surface area contributed by atoms with E-state index in [9.17, 15) is 0 Å². The predicted octanol–water partition coefficient (Wildman–Crippen LogP) is 3.01. The molecular weight excluding hydrogens is 308 g/mol. The van der Waals surface area contributed by atoms with E-state index in [1.165, 1.54) is 50.8 Å². The van der Waals surface area contributed by atoms with Gasteiger partial charge in [0.1, 0.15) is 0 Å². The Kier molecular flexibility index (Phi) is 6.35. The highest BCUT2D eigenvalue weighted by molar-refractivity contribution is 5.79. The number of hydrogen-bond donors (Lipinski definition) is 2. The molecule has 0 radical (unpaired) electrons. The second-order valence-corrected chi connectivity index (χ2v) is 7.82. The van der Waals surface area contributed by atoms with Crippen molar-refractivity contribution in [3.63, 3.8) is 0 Å². The van der Waals surface area contributed by atoms with E-state index in [2.05, 4.69) is 59.8 Å². The zero-order chi connectivity index (χ0) is 17.5. The number of rotatable bonds is 6. The zero-order valence-corrected chi connectivity index (χ0v) is 15.9. The van der Waals surface area contributed by atoms with E-state index in [-0.39, 0.29) is 5.41 Å². The van der Waals surface area contributed by atoms with Crippen LogP contribution in [0, 0.1) is 5.92 Å². The summed E-state index contributed by atoms with van der Waals surface area (Å²) in [5.41, 5.74) is 1.72. The lowest BCUT2D eigenvalue weighted by molar-refractivity contribution is 0.220. The second kappa shape index (κ2) is 8.70. The highest BCUT2D eigenvalue weighted by Gasteiger charge is 2.38. The third kappa shape index (κ3) is 4.75. The lowest BCUT2D eigenvalue weighted by Crippen LogP contribution is -2.44. The van der Waals surface area contributed by atoms with Crippen LogP contribution < -0.4 is 10.6 Å². The maximum absolute atomic E-state index is 4.97. The molecule has 2 aliphatic rings. The number of piperidine rings is 1. The number of nitrogens with one attached hydrogen (secondary N) is 2. The number of likely N-dealkylation sites (tertiary alicyclic amines) is 1. The Morgan fingerprint density at radius 3 is 2.48 bits per heavy atom. The van der Waals surface area contributed by atoms with Gasteiger partial charge in [-0.1, -0.05) is 36.8 Å². The van der Waals surface area contributed by atoms with Crippen LogP contribution in [-0.2, 0) is 5.41 Å². The predicted molar refractivity (Wildman–Crippen MR) is 106 cm³/mol. The smallest absolute Gasteiger partial charge is 0.191 e. The van der Waals surface area contributed by atoms with Gasteiger partial charge in [0.05, 0.1) is 6.54 Å². The van der Waals surface area contributed by atoms with Crippen molar-refractivity contribution in [3.05, 3.63) is 35.9 Å². The second-order valence-electron chi connectivity index (χ2n) is 7.82. The molecule has 0 bridgehead atoms. The largest absolute Gasteiger partial charge is 0.357 e. The van der Waals surface area contributed by atoms with Crippen LogP contribution in [-0.4, -0.2) is 50.6 Å². The average molecular weight is 343 g/mol. The van der Waals surface area contributed by atoms with Gasteiger partial charge in [0.2, 0.25) is 0 Å². The summed E-state index contributed by atoms with van der Waals surface area (Å²) in [5, 5.41) is 7.03. The summed E-state index contributed by atoms with van der Waals surface area (Å²) in [5.74, 6) is 1.76. The van der Waals surface area contributed by atoms with Gasteiger partial charge in [-0.25, -0.2) is 0 Å². The molecule has 1 saturated heterocycles. The molecule has 1 aliphatic carbocycles. The standard InChI is InChI=1S/C21H34N4/c1-3-22-20(23-16-18-10-14-25(2)15-11-18)24-17-21(12-7-13-21)19-8-5-4-6-9-19/h4-6,8-9,18H,3,7,10-17H2,1-2H3,(H2,22,23,24).